The summed E-state index contributed by atoms with van der Waals surface area (Å²) < 4.78 is 5.68. The Kier molecular flexibility index (Phi) is 2.95. The second-order valence-corrected chi connectivity index (χ2v) is 6.16. The lowest BCUT2D eigenvalue weighted by atomic mass is 9.81. The number of aromatic nitrogens is 1. The van der Waals surface area contributed by atoms with Gasteiger partial charge >= 0.3 is 0 Å². The predicted octanol–water partition coefficient (Wildman–Crippen LogP) is 3.94. The minimum atomic E-state index is 0.712. The van der Waals surface area contributed by atoms with Gasteiger partial charge in [-0.15, -0.1) is 0 Å². The molecule has 1 aromatic carbocycles. The van der Waals surface area contributed by atoms with Crippen LogP contribution in [0.15, 0.2) is 24.4 Å². The summed E-state index contributed by atoms with van der Waals surface area (Å²) in [5, 5.41) is 1.30. The van der Waals surface area contributed by atoms with Crippen LogP contribution in [0.25, 0.3) is 16.5 Å². The molecule has 2 bridgehead atoms. The molecule has 3 heteroatoms. The van der Waals surface area contributed by atoms with E-state index in [4.69, 9.17) is 4.74 Å². The molecule has 1 fully saturated rings. The standard InChI is InChI=1S/C18H22N2O/c1-3-21-14-4-5-17-15(10-14)18(12(2)19-17)16-11-20-8-6-13(16)7-9-20/h4-5,10-11,13,19H,3,6-9H2,1-2H3. The molecular weight excluding hydrogens is 260 g/mol. The van der Waals surface area contributed by atoms with Crippen molar-refractivity contribution in [3.8, 4) is 5.75 Å². The van der Waals surface area contributed by atoms with Crippen molar-refractivity contribution in [3.05, 3.63) is 35.7 Å². The molecule has 1 N–H and O–H groups in total. The van der Waals surface area contributed by atoms with E-state index >= 15 is 0 Å². The summed E-state index contributed by atoms with van der Waals surface area (Å²) in [5.41, 5.74) is 5.41. The zero-order valence-electron chi connectivity index (χ0n) is 12.8. The Morgan fingerprint density at radius 2 is 2.10 bits per heavy atom. The topological polar surface area (TPSA) is 28.3 Å². The van der Waals surface area contributed by atoms with E-state index in [-0.39, 0.29) is 0 Å². The number of benzene rings is 1. The first-order chi connectivity index (χ1) is 10.3. The first-order valence-corrected chi connectivity index (χ1v) is 7.97. The van der Waals surface area contributed by atoms with Gasteiger partial charge in [0, 0.05) is 41.4 Å². The minimum absolute atomic E-state index is 0.712. The Bertz CT molecular complexity index is 705. The van der Waals surface area contributed by atoms with E-state index in [9.17, 15) is 0 Å². The van der Waals surface area contributed by atoms with E-state index in [1.807, 2.05) is 6.92 Å². The third-order valence-electron chi connectivity index (χ3n) is 4.85. The second kappa shape index (κ2) is 4.83. The first kappa shape index (κ1) is 12.8. The molecule has 3 nitrogen and oxygen atoms in total. The molecule has 0 unspecified atom stereocenters. The van der Waals surface area contributed by atoms with Crippen molar-refractivity contribution in [1.82, 2.24) is 9.88 Å². The van der Waals surface area contributed by atoms with Gasteiger partial charge in [-0.3, -0.25) is 0 Å². The van der Waals surface area contributed by atoms with Crippen LogP contribution in [0.3, 0.4) is 0 Å². The zero-order valence-corrected chi connectivity index (χ0v) is 12.8. The highest BCUT2D eigenvalue weighted by molar-refractivity contribution is 5.95. The van der Waals surface area contributed by atoms with Gasteiger partial charge in [0.25, 0.3) is 0 Å². The number of aromatic amines is 1. The molecule has 2 aromatic rings. The second-order valence-electron chi connectivity index (χ2n) is 6.16. The molecule has 3 aliphatic heterocycles. The number of hydrogen-bond donors (Lipinski definition) is 1. The molecule has 0 saturated carbocycles. The van der Waals surface area contributed by atoms with Crippen LogP contribution in [0.1, 0.15) is 31.0 Å². The maximum absolute atomic E-state index is 5.68. The molecular formula is C18H22N2O. The highest BCUT2D eigenvalue weighted by Crippen LogP contribution is 2.42. The lowest BCUT2D eigenvalue weighted by Gasteiger charge is -2.39. The van der Waals surface area contributed by atoms with Crippen LogP contribution in [-0.4, -0.2) is 29.6 Å². The number of allylic oxidation sites excluding steroid dienone is 1. The van der Waals surface area contributed by atoms with Crippen molar-refractivity contribution >= 4 is 16.5 Å². The van der Waals surface area contributed by atoms with E-state index in [0.29, 0.717) is 6.61 Å². The number of nitrogens with zero attached hydrogens (tertiary/aromatic N) is 1. The number of rotatable bonds is 3. The molecule has 1 saturated heterocycles. The Hall–Kier alpha value is -1.90. The molecule has 21 heavy (non-hydrogen) atoms. The number of ether oxygens (including phenoxy) is 1. The van der Waals surface area contributed by atoms with Gasteiger partial charge in [0.05, 0.1) is 6.61 Å². The molecule has 0 spiro atoms. The fraction of sp³-hybridized carbons (Fsp3) is 0.444. The molecule has 4 heterocycles. The van der Waals surface area contributed by atoms with Crippen molar-refractivity contribution in [3.63, 3.8) is 0 Å². The van der Waals surface area contributed by atoms with Crippen molar-refractivity contribution in [2.24, 2.45) is 5.92 Å². The van der Waals surface area contributed by atoms with Gasteiger partial charge in [-0.25, -0.2) is 0 Å². The third kappa shape index (κ3) is 2.03. The summed E-state index contributed by atoms with van der Waals surface area (Å²) >= 11 is 0. The lowest BCUT2D eigenvalue weighted by molar-refractivity contribution is 0.252. The van der Waals surface area contributed by atoms with Crippen LogP contribution >= 0.6 is 0 Å². The van der Waals surface area contributed by atoms with Crippen LogP contribution in [-0.2, 0) is 0 Å². The number of H-pyrrole nitrogens is 1. The third-order valence-corrected chi connectivity index (χ3v) is 4.85. The molecule has 0 amide bonds. The van der Waals surface area contributed by atoms with Gasteiger partial charge in [0.15, 0.2) is 0 Å². The average molecular weight is 282 g/mol. The average Bonchev–Trinajstić information content (AvgIpc) is 2.84. The highest BCUT2D eigenvalue weighted by atomic mass is 16.5. The van der Waals surface area contributed by atoms with Crippen LogP contribution in [0.5, 0.6) is 5.75 Å². The largest absolute Gasteiger partial charge is 0.494 e. The number of fused-ring (bicyclic) bond motifs is 3. The zero-order chi connectivity index (χ0) is 14.4. The number of aryl methyl sites for hydroxylation is 1. The lowest BCUT2D eigenvalue weighted by Crippen LogP contribution is -2.35. The van der Waals surface area contributed by atoms with Crippen molar-refractivity contribution in [2.45, 2.75) is 26.7 Å². The number of piperidine rings is 1. The highest BCUT2D eigenvalue weighted by Gasteiger charge is 2.30. The summed E-state index contributed by atoms with van der Waals surface area (Å²) in [6, 6.07) is 6.38. The Morgan fingerprint density at radius 1 is 1.29 bits per heavy atom. The summed E-state index contributed by atoms with van der Waals surface area (Å²) in [6.07, 6.45) is 4.98. The maximum Gasteiger partial charge on any atom is 0.120 e. The Morgan fingerprint density at radius 3 is 2.76 bits per heavy atom. The van der Waals surface area contributed by atoms with Gasteiger partial charge in [0.1, 0.15) is 5.75 Å². The molecule has 0 radical (unpaired) electrons. The van der Waals surface area contributed by atoms with E-state index < -0.39 is 0 Å². The van der Waals surface area contributed by atoms with Crippen molar-refractivity contribution in [2.75, 3.05) is 19.7 Å². The van der Waals surface area contributed by atoms with Gasteiger partial charge < -0.3 is 14.6 Å². The summed E-state index contributed by atoms with van der Waals surface area (Å²) in [4.78, 5) is 6.01. The van der Waals surface area contributed by atoms with Crippen LogP contribution in [0.4, 0.5) is 0 Å². The van der Waals surface area contributed by atoms with E-state index in [0.717, 1.165) is 11.7 Å². The fourth-order valence-corrected chi connectivity index (χ4v) is 3.84. The quantitative estimate of drug-likeness (QED) is 0.923. The predicted molar refractivity (Wildman–Crippen MR) is 86.5 cm³/mol. The molecule has 3 aliphatic rings. The van der Waals surface area contributed by atoms with Gasteiger partial charge in [-0.1, -0.05) is 0 Å². The fourth-order valence-electron chi connectivity index (χ4n) is 3.84. The Labute approximate surface area is 125 Å². The van der Waals surface area contributed by atoms with Gasteiger partial charge in [-0.2, -0.15) is 0 Å². The van der Waals surface area contributed by atoms with Crippen LogP contribution in [0.2, 0.25) is 0 Å². The molecule has 5 rings (SSSR count). The number of nitrogens with one attached hydrogen (secondary N) is 1. The smallest absolute Gasteiger partial charge is 0.120 e. The summed E-state index contributed by atoms with van der Waals surface area (Å²) in [6.45, 7) is 7.38. The first-order valence-electron chi connectivity index (χ1n) is 7.97. The van der Waals surface area contributed by atoms with E-state index in [2.05, 4.69) is 41.2 Å². The van der Waals surface area contributed by atoms with E-state index in [1.54, 1.807) is 0 Å². The van der Waals surface area contributed by atoms with Crippen LogP contribution in [0, 0.1) is 12.8 Å². The molecule has 0 atom stereocenters. The maximum atomic E-state index is 5.68. The summed E-state index contributed by atoms with van der Waals surface area (Å²) in [7, 11) is 0. The van der Waals surface area contributed by atoms with Crippen LogP contribution < -0.4 is 4.74 Å². The van der Waals surface area contributed by atoms with Crippen molar-refractivity contribution in [1.29, 1.82) is 0 Å². The number of hydrogen-bond acceptors (Lipinski definition) is 2. The SMILES string of the molecule is CCOc1ccc2[nH]c(C)c(C3=CN4CCC3CC4)c2c1. The van der Waals surface area contributed by atoms with Crippen molar-refractivity contribution < 1.29 is 4.74 Å². The van der Waals surface area contributed by atoms with Gasteiger partial charge in [-0.05, 0) is 56.4 Å². The van der Waals surface area contributed by atoms with E-state index in [1.165, 1.54) is 53.7 Å². The normalized spacial score (nSPS) is 18.4. The van der Waals surface area contributed by atoms with Gasteiger partial charge in [0.2, 0.25) is 0 Å². The Balaban J connectivity index is 1.87. The molecule has 0 aliphatic carbocycles. The minimum Gasteiger partial charge on any atom is -0.494 e. The monoisotopic (exact) mass is 282 g/mol. The molecule has 1 aromatic heterocycles. The summed E-state index contributed by atoms with van der Waals surface area (Å²) in [5.74, 6) is 1.69. The molecule has 110 valence electrons.